The molecule has 0 saturated carbocycles. The highest BCUT2D eigenvalue weighted by atomic mass is 28.4. The molecule has 0 saturated heterocycles. The molecule has 0 aliphatic heterocycles. The van der Waals surface area contributed by atoms with Crippen molar-refractivity contribution in [1.29, 1.82) is 0 Å². The second-order valence-corrected chi connectivity index (χ2v) is 11.3. The van der Waals surface area contributed by atoms with E-state index in [1.165, 1.54) is 10.4 Å². The number of aliphatic hydroxyl groups excluding tert-OH is 1. The van der Waals surface area contributed by atoms with E-state index in [4.69, 9.17) is 9.53 Å². The van der Waals surface area contributed by atoms with Gasteiger partial charge in [-0.05, 0) is 22.3 Å². The Balaban J connectivity index is 2.64. The fraction of sp³-hybridized carbons (Fsp3) is 0.333. The third-order valence-electron chi connectivity index (χ3n) is 4.29. The number of rotatable bonds is 6. The van der Waals surface area contributed by atoms with E-state index in [1.54, 1.807) is 6.08 Å². The van der Waals surface area contributed by atoms with Crippen molar-refractivity contribution in [2.75, 3.05) is 6.61 Å². The molecule has 128 valence electrons. The van der Waals surface area contributed by atoms with Gasteiger partial charge in [0.2, 0.25) is 0 Å². The van der Waals surface area contributed by atoms with Gasteiger partial charge in [-0.25, -0.2) is 0 Å². The summed E-state index contributed by atoms with van der Waals surface area (Å²) in [6, 6.07) is 21.2. The molecule has 1 N–H and O–H groups in total. The van der Waals surface area contributed by atoms with E-state index in [-0.39, 0.29) is 17.7 Å². The molecular formula is C21H28O2Si. The fourth-order valence-corrected chi connectivity index (χ4v) is 7.91. The van der Waals surface area contributed by atoms with Crippen LogP contribution < -0.4 is 10.4 Å². The summed E-state index contributed by atoms with van der Waals surface area (Å²) in [6.07, 6.45) is 3.63. The van der Waals surface area contributed by atoms with E-state index >= 15 is 0 Å². The Morgan fingerprint density at radius 1 is 0.958 bits per heavy atom. The highest BCUT2D eigenvalue weighted by Crippen LogP contribution is 2.37. The molecule has 0 amide bonds. The van der Waals surface area contributed by atoms with Crippen LogP contribution in [0.1, 0.15) is 27.7 Å². The summed E-state index contributed by atoms with van der Waals surface area (Å²) < 4.78 is 6.82. The molecule has 0 aromatic heterocycles. The zero-order chi connectivity index (χ0) is 17.6. The molecule has 0 aliphatic rings. The topological polar surface area (TPSA) is 29.5 Å². The SMILES string of the molecule is C[C@@H](/C=C/CO)O[Si](c1ccccc1)(c1ccccc1)C(C)(C)C. The van der Waals surface area contributed by atoms with Crippen molar-refractivity contribution in [3.05, 3.63) is 72.8 Å². The Kier molecular flexibility index (Phi) is 6.16. The van der Waals surface area contributed by atoms with Crippen molar-refractivity contribution in [2.24, 2.45) is 0 Å². The van der Waals surface area contributed by atoms with Crippen LogP contribution >= 0.6 is 0 Å². The van der Waals surface area contributed by atoms with Gasteiger partial charge in [-0.2, -0.15) is 0 Å². The molecule has 3 heteroatoms. The minimum Gasteiger partial charge on any atom is -0.401 e. The first-order valence-corrected chi connectivity index (χ1v) is 10.4. The molecule has 24 heavy (non-hydrogen) atoms. The maximum absolute atomic E-state index is 9.08. The molecule has 0 fully saturated rings. The Labute approximate surface area is 146 Å². The summed E-state index contributed by atoms with van der Waals surface area (Å²) in [7, 11) is -2.50. The average molecular weight is 341 g/mol. The monoisotopic (exact) mass is 340 g/mol. The Hall–Kier alpha value is -1.68. The maximum atomic E-state index is 9.08. The van der Waals surface area contributed by atoms with Gasteiger partial charge in [0, 0.05) is 0 Å². The van der Waals surface area contributed by atoms with Crippen LogP contribution in [-0.4, -0.2) is 26.1 Å². The fourth-order valence-electron chi connectivity index (χ4n) is 3.26. The van der Waals surface area contributed by atoms with Crippen molar-refractivity contribution in [3.63, 3.8) is 0 Å². The van der Waals surface area contributed by atoms with Crippen LogP contribution in [0, 0.1) is 0 Å². The van der Waals surface area contributed by atoms with Gasteiger partial charge in [0.05, 0.1) is 12.7 Å². The van der Waals surface area contributed by atoms with Crippen LogP contribution in [-0.2, 0) is 4.43 Å². The van der Waals surface area contributed by atoms with E-state index in [0.29, 0.717) is 0 Å². The highest BCUT2D eigenvalue weighted by molar-refractivity contribution is 6.99. The number of benzene rings is 2. The molecule has 0 aliphatic carbocycles. The predicted octanol–water partition coefficient (Wildman–Crippen LogP) is 3.50. The van der Waals surface area contributed by atoms with Crippen molar-refractivity contribution in [2.45, 2.75) is 38.8 Å². The van der Waals surface area contributed by atoms with E-state index in [9.17, 15) is 0 Å². The maximum Gasteiger partial charge on any atom is 0.261 e. The summed E-state index contributed by atoms with van der Waals surface area (Å²) in [5, 5.41) is 11.6. The largest absolute Gasteiger partial charge is 0.401 e. The number of hydrogen-bond acceptors (Lipinski definition) is 2. The lowest BCUT2D eigenvalue weighted by atomic mass is 10.2. The summed E-state index contributed by atoms with van der Waals surface area (Å²) in [6.45, 7) is 8.88. The first kappa shape index (κ1) is 18.7. The summed E-state index contributed by atoms with van der Waals surface area (Å²) >= 11 is 0. The Morgan fingerprint density at radius 3 is 1.79 bits per heavy atom. The molecule has 2 rings (SSSR count). The normalized spacial score (nSPS) is 14.0. The van der Waals surface area contributed by atoms with Crippen LogP contribution in [0.2, 0.25) is 5.04 Å². The molecule has 0 spiro atoms. The third-order valence-corrected chi connectivity index (χ3v) is 9.42. The lowest BCUT2D eigenvalue weighted by Crippen LogP contribution is -2.67. The minimum absolute atomic E-state index is 0.0307. The lowest BCUT2D eigenvalue weighted by Gasteiger charge is -2.44. The minimum atomic E-state index is -2.50. The van der Waals surface area contributed by atoms with Gasteiger partial charge in [0.25, 0.3) is 8.32 Å². The molecule has 0 unspecified atom stereocenters. The Morgan fingerprint density at radius 2 is 1.42 bits per heavy atom. The van der Waals surface area contributed by atoms with Crippen molar-refractivity contribution in [3.8, 4) is 0 Å². The molecule has 1 atom stereocenters. The Bertz CT molecular complexity index is 605. The van der Waals surface area contributed by atoms with E-state index in [2.05, 4.69) is 69.3 Å². The second kappa shape index (κ2) is 7.93. The van der Waals surface area contributed by atoms with Crippen molar-refractivity contribution in [1.82, 2.24) is 0 Å². The smallest absolute Gasteiger partial charge is 0.261 e. The van der Waals surface area contributed by atoms with Crippen LogP contribution in [0.25, 0.3) is 0 Å². The van der Waals surface area contributed by atoms with Gasteiger partial charge in [0.15, 0.2) is 0 Å². The number of aliphatic hydroxyl groups is 1. The summed E-state index contributed by atoms with van der Waals surface area (Å²) in [5.74, 6) is 0. The molecule has 2 aromatic rings. The standard InChI is InChI=1S/C21H28O2Si/c1-18(12-11-17-22)23-24(21(2,3)4,19-13-7-5-8-14-19)20-15-9-6-10-16-20/h5-16,18,22H,17H2,1-4H3/b12-11+/t18-/m0/s1. The van der Waals surface area contributed by atoms with Gasteiger partial charge in [-0.1, -0.05) is 93.6 Å². The first-order valence-electron chi connectivity index (χ1n) is 8.48. The molecule has 0 heterocycles. The van der Waals surface area contributed by atoms with Gasteiger partial charge in [-0.15, -0.1) is 0 Å². The summed E-state index contributed by atoms with van der Waals surface area (Å²) in [4.78, 5) is 0. The zero-order valence-electron chi connectivity index (χ0n) is 15.1. The quantitative estimate of drug-likeness (QED) is 0.644. The predicted molar refractivity (Wildman–Crippen MR) is 104 cm³/mol. The van der Waals surface area contributed by atoms with Crippen LogP contribution in [0.3, 0.4) is 0 Å². The number of hydrogen-bond donors (Lipinski definition) is 1. The van der Waals surface area contributed by atoms with Crippen molar-refractivity contribution >= 4 is 18.7 Å². The third kappa shape index (κ3) is 3.86. The molecular weight excluding hydrogens is 312 g/mol. The highest BCUT2D eigenvalue weighted by Gasteiger charge is 2.50. The summed E-state index contributed by atoms with van der Waals surface area (Å²) in [5.41, 5.74) is 0. The van der Waals surface area contributed by atoms with Crippen LogP contribution in [0.4, 0.5) is 0 Å². The molecule has 0 radical (unpaired) electrons. The van der Waals surface area contributed by atoms with E-state index < -0.39 is 8.32 Å². The van der Waals surface area contributed by atoms with Crippen molar-refractivity contribution < 1.29 is 9.53 Å². The van der Waals surface area contributed by atoms with Gasteiger partial charge in [-0.3, -0.25) is 0 Å². The van der Waals surface area contributed by atoms with Gasteiger partial charge >= 0.3 is 0 Å². The average Bonchev–Trinajstić information content (AvgIpc) is 2.58. The molecule has 2 aromatic carbocycles. The lowest BCUT2D eigenvalue weighted by molar-refractivity contribution is 0.250. The second-order valence-electron chi connectivity index (χ2n) is 7.10. The van der Waals surface area contributed by atoms with Gasteiger partial charge in [0.1, 0.15) is 0 Å². The van der Waals surface area contributed by atoms with E-state index in [1.807, 2.05) is 25.1 Å². The molecule has 0 bridgehead atoms. The van der Waals surface area contributed by atoms with Crippen LogP contribution in [0.15, 0.2) is 72.8 Å². The van der Waals surface area contributed by atoms with Gasteiger partial charge < -0.3 is 9.53 Å². The first-order chi connectivity index (χ1) is 11.4. The zero-order valence-corrected chi connectivity index (χ0v) is 16.1. The van der Waals surface area contributed by atoms with E-state index in [0.717, 1.165) is 0 Å². The molecule has 2 nitrogen and oxygen atoms in total. The van der Waals surface area contributed by atoms with Crippen LogP contribution in [0.5, 0.6) is 0 Å².